The van der Waals surface area contributed by atoms with Crippen LogP contribution in [0.25, 0.3) is 0 Å². The summed E-state index contributed by atoms with van der Waals surface area (Å²) in [5, 5.41) is 6.77. The molecular weight excluding hydrogens is 248 g/mol. The summed E-state index contributed by atoms with van der Waals surface area (Å²) in [6, 6.07) is 0.890. The minimum atomic E-state index is -0.0532. The highest BCUT2D eigenvalue weighted by atomic mass is 16.2. The Kier molecular flexibility index (Phi) is 5.88. The summed E-state index contributed by atoms with van der Waals surface area (Å²) in [4.78, 5) is 12.3. The Labute approximate surface area is 124 Å². The third-order valence-corrected chi connectivity index (χ3v) is 5.43. The van der Waals surface area contributed by atoms with Gasteiger partial charge in [0.1, 0.15) is 0 Å². The third-order valence-electron chi connectivity index (χ3n) is 5.43. The van der Waals surface area contributed by atoms with E-state index in [2.05, 4.69) is 24.5 Å². The molecule has 0 spiro atoms. The highest BCUT2D eigenvalue weighted by molar-refractivity contribution is 5.81. The Morgan fingerprint density at radius 2 is 1.65 bits per heavy atom. The lowest BCUT2D eigenvalue weighted by molar-refractivity contribution is -0.124. The fourth-order valence-corrected chi connectivity index (χ4v) is 3.70. The average Bonchev–Trinajstić information content (AvgIpc) is 2.44. The molecule has 20 heavy (non-hydrogen) atoms. The van der Waals surface area contributed by atoms with Crippen LogP contribution in [-0.2, 0) is 4.79 Å². The van der Waals surface area contributed by atoms with Crippen molar-refractivity contribution in [3.63, 3.8) is 0 Å². The SMILES string of the molecule is CC(NC1CCC(C)C(C)C1)C(=O)NC1CCCCC1. The second-order valence-electron chi connectivity index (χ2n) is 7.20. The predicted octanol–water partition coefficient (Wildman–Crippen LogP) is 3.24. The predicted molar refractivity (Wildman–Crippen MR) is 83.6 cm³/mol. The van der Waals surface area contributed by atoms with Gasteiger partial charge in [0.05, 0.1) is 6.04 Å². The number of amides is 1. The lowest BCUT2D eigenvalue weighted by Gasteiger charge is -2.34. The van der Waals surface area contributed by atoms with Crippen LogP contribution in [0.3, 0.4) is 0 Å². The van der Waals surface area contributed by atoms with Gasteiger partial charge in [-0.25, -0.2) is 0 Å². The van der Waals surface area contributed by atoms with Crippen molar-refractivity contribution in [1.82, 2.24) is 10.6 Å². The van der Waals surface area contributed by atoms with Gasteiger partial charge in [0, 0.05) is 12.1 Å². The van der Waals surface area contributed by atoms with Gasteiger partial charge in [0.2, 0.25) is 5.91 Å². The molecule has 0 heterocycles. The molecule has 2 saturated carbocycles. The molecule has 4 atom stereocenters. The van der Waals surface area contributed by atoms with Crippen LogP contribution in [0.1, 0.15) is 72.1 Å². The summed E-state index contributed by atoms with van der Waals surface area (Å²) in [5.41, 5.74) is 0. The molecule has 0 aromatic heterocycles. The molecule has 3 nitrogen and oxygen atoms in total. The second-order valence-corrected chi connectivity index (χ2v) is 7.20. The lowest BCUT2D eigenvalue weighted by Crippen LogP contribution is -2.50. The van der Waals surface area contributed by atoms with Crippen molar-refractivity contribution < 1.29 is 4.79 Å². The first-order valence-corrected chi connectivity index (χ1v) is 8.62. The van der Waals surface area contributed by atoms with E-state index >= 15 is 0 Å². The highest BCUT2D eigenvalue weighted by Gasteiger charge is 2.27. The highest BCUT2D eigenvalue weighted by Crippen LogP contribution is 2.29. The van der Waals surface area contributed by atoms with Crippen molar-refractivity contribution in [3.05, 3.63) is 0 Å². The lowest BCUT2D eigenvalue weighted by atomic mass is 9.79. The maximum Gasteiger partial charge on any atom is 0.237 e. The fourth-order valence-electron chi connectivity index (χ4n) is 3.70. The van der Waals surface area contributed by atoms with E-state index in [-0.39, 0.29) is 11.9 Å². The van der Waals surface area contributed by atoms with Crippen molar-refractivity contribution in [3.8, 4) is 0 Å². The summed E-state index contributed by atoms with van der Waals surface area (Å²) in [5.74, 6) is 1.80. The zero-order chi connectivity index (χ0) is 14.5. The summed E-state index contributed by atoms with van der Waals surface area (Å²) in [7, 11) is 0. The monoisotopic (exact) mass is 280 g/mol. The summed E-state index contributed by atoms with van der Waals surface area (Å²) >= 11 is 0. The molecule has 2 aliphatic carbocycles. The maximum atomic E-state index is 12.3. The van der Waals surface area contributed by atoms with Gasteiger partial charge in [0.15, 0.2) is 0 Å². The number of hydrogen-bond donors (Lipinski definition) is 2. The molecule has 2 rings (SSSR count). The standard InChI is InChI=1S/C17H32N2O/c1-12-9-10-16(11-13(12)2)18-14(3)17(20)19-15-7-5-4-6-8-15/h12-16,18H,4-11H2,1-3H3,(H,19,20). The van der Waals surface area contributed by atoms with Crippen LogP contribution in [0.5, 0.6) is 0 Å². The number of carbonyl (C=O) groups excluding carboxylic acids is 1. The van der Waals surface area contributed by atoms with Gasteiger partial charge < -0.3 is 10.6 Å². The van der Waals surface area contributed by atoms with Gasteiger partial charge in [0.25, 0.3) is 0 Å². The molecule has 4 unspecified atom stereocenters. The smallest absolute Gasteiger partial charge is 0.237 e. The van der Waals surface area contributed by atoms with Gasteiger partial charge in [-0.2, -0.15) is 0 Å². The minimum absolute atomic E-state index is 0.0532. The van der Waals surface area contributed by atoms with Crippen LogP contribution in [0, 0.1) is 11.8 Å². The van der Waals surface area contributed by atoms with E-state index < -0.39 is 0 Å². The van der Waals surface area contributed by atoms with E-state index in [1.165, 1.54) is 38.5 Å². The molecule has 0 aromatic carbocycles. The molecule has 1 amide bonds. The first-order chi connectivity index (χ1) is 9.56. The molecule has 2 fully saturated rings. The first kappa shape index (κ1) is 15.8. The maximum absolute atomic E-state index is 12.3. The van der Waals surface area contributed by atoms with Gasteiger partial charge in [-0.05, 0) is 50.9 Å². The Bertz CT molecular complexity index is 312. The molecule has 3 heteroatoms. The number of rotatable bonds is 4. The van der Waals surface area contributed by atoms with Crippen molar-refractivity contribution in [2.24, 2.45) is 11.8 Å². The molecular formula is C17H32N2O. The van der Waals surface area contributed by atoms with Gasteiger partial charge in [-0.15, -0.1) is 0 Å². The number of carbonyl (C=O) groups is 1. The molecule has 0 saturated heterocycles. The van der Waals surface area contributed by atoms with E-state index in [1.54, 1.807) is 0 Å². The van der Waals surface area contributed by atoms with Crippen LogP contribution in [0.4, 0.5) is 0 Å². The third kappa shape index (κ3) is 4.47. The molecule has 0 bridgehead atoms. The largest absolute Gasteiger partial charge is 0.352 e. The Morgan fingerprint density at radius 3 is 2.30 bits per heavy atom. The van der Waals surface area contributed by atoms with Crippen LogP contribution >= 0.6 is 0 Å². The molecule has 2 N–H and O–H groups in total. The molecule has 0 aliphatic heterocycles. The van der Waals surface area contributed by atoms with Crippen LogP contribution in [0.15, 0.2) is 0 Å². The normalized spacial score (nSPS) is 33.6. The van der Waals surface area contributed by atoms with Gasteiger partial charge >= 0.3 is 0 Å². The van der Waals surface area contributed by atoms with Gasteiger partial charge in [-0.3, -0.25) is 4.79 Å². The van der Waals surface area contributed by atoms with Crippen molar-refractivity contribution in [2.75, 3.05) is 0 Å². The fraction of sp³-hybridized carbons (Fsp3) is 0.941. The van der Waals surface area contributed by atoms with Crippen molar-refractivity contribution in [2.45, 2.75) is 90.3 Å². The number of hydrogen-bond acceptors (Lipinski definition) is 2. The van der Waals surface area contributed by atoms with Crippen molar-refractivity contribution >= 4 is 5.91 Å². The first-order valence-electron chi connectivity index (χ1n) is 8.62. The Hall–Kier alpha value is -0.570. The van der Waals surface area contributed by atoms with E-state index in [9.17, 15) is 4.79 Å². The minimum Gasteiger partial charge on any atom is -0.352 e. The molecule has 0 aromatic rings. The molecule has 116 valence electrons. The zero-order valence-corrected chi connectivity index (χ0v) is 13.5. The Balaban J connectivity index is 1.73. The second kappa shape index (κ2) is 7.44. The topological polar surface area (TPSA) is 41.1 Å². The van der Waals surface area contributed by atoms with Crippen LogP contribution < -0.4 is 10.6 Å². The summed E-state index contributed by atoms with van der Waals surface area (Å²) in [6.07, 6.45) is 9.91. The summed E-state index contributed by atoms with van der Waals surface area (Å²) in [6.45, 7) is 6.70. The van der Waals surface area contributed by atoms with E-state index in [1.807, 2.05) is 6.92 Å². The van der Waals surface area contributed by atoms with Crippen LogP contribution in [-0.4, -0.2) is 24.0 Å². The summed E-state index contributed by atoms with van der Waals surface area (Å²) < 4.78 is 0. The van der Waals surface area contributed by atoms with E-state index in [0.717, 1.165) is 24.7 Å². The Morgan fingerprint density at radius 1 is 0.950 bits per heavy atom. The van der Waals surface area contributed by atoms with Gasteiger partial charge in [-0.1, -0.05) is 33.1 Å². The number of nitrogens with one attached hydrogen (secondary N) is 2. The van der Waals surface area contributed by atoms with E-state index in [0.29, 0.717) is 12.1 Å². The van der Waals surface area contributed by atoms with E-state index in [4.69, 9.17) is 0 Å². The zero-order valence-electron chi connectivity index (χ0n) is 13.5. The molecule has 0 radical (unpaired) electrons. The quantitative estimate of drug-likeness (QED) is 0.830. The van der Waals surface area contributed by atoms with Crippen molar-refractivity contribution in [1.29, 1.82) is 0 Å². The van der Waals surface area contributed by atoms with Crippen LogP contribution in [0.2, 0.25) is 0 Å². The molecule has 2 aliphatic rings. The average molecular weight is 280 g/mol.